The molecule has 0 aliphatic carbocycles. The first-order valence-corrected chi connectivity index (χ1v) is 8.27. The number of hydrogen-bond acceptors (Lipinski definition) is 6. The lowest BCUT2D eigenvalue weighted by Gasteiger charge is -2.29. The van der Waals surface area contributed by atoms with Crippen molar-refractivity contribution in [3.8, 4) is 5.75 Å². The van der Waals surface area contributed by atoms with Gasteiger partial charge in [-0.15, -0.1) is 0 Å². The highest BCUT2D eigenvalue weighted by Crippen LogP contribution is 2.33. The van der Waals surface area contributed by atoms with Gasteiger partial charge in [-0.05, 0) is 53.9 Å². The van der Waals surface area contributed by atoms with Gasteiger partial charge in [-0.2, -0.15) is 0 Å². The van der Waals surface area contributed by atoms with Crippen molar-refractivity contribution in [2.45, 2.75) is 26.9 Å². The largest absolute Gasteiger partial charge is 0.475 e. The number of amides is 2. The maximum absolute atomic E-state index is 12.5. The lowest BCUT2D eigenvalue weighted by molar-refractivity contribution is -0.389. The van der Waals surface area contributed by atoms with Crippen molar-refractivity contribution in [1.29, 1.82) is 0 Å². The third-order valence-electron chi connectivity index (χ3n) is 4.37. The molecule has 1 aliphatic heterocycles. The number of benzene rings is 1. The molecule has 1 aromatic carbocycles. The minimum Gasteiger partial charge on any atom is -0.475 e. The Morgan fingerprint density at radius 3 is 2.78 bits per heavy atom. The van der Waals surface area contributed by atoms with Gasteiger partial charge in [0.1, 0.15) is 6.54 Å². The summed E-state index contributed by atoms with van der Waals surface area (Å²) in [7, 11) is 0. The molecule has 140 valence electrons. The molecule has 0 saturated heterocycles. The molecule has 1 aromatic heterocycles. The van der Waals surface area contributed by atoms with E-state index in [9.17, 15) is 19.7 Å². The number of aromatic nitrogens is 1. The average molecular weight is 370 g/mol. The fourth-order valence-electron chi connectivity index (χ4n) is 2.75. The summed E-state index contributed by atoms with van der Waals surface area (Å²) in [5.41, 5.74) is 2.58. The summed E-state index contributed by atoms with van der Waals surface area (Å²) in [5, 5.41) is 13.8. The molecule has 9 nitrogen and oxygen atoms in total. The van der Waals surface area contributed by atoms with E-state index in [1.807, 2.05) is 26.0 Å². The summed E-state index contributed by atoms with van der Waals surface area (Å²) >= 11 is 0. The Balaban J connectivity index is 1.88. The first-order valence-electron chi connectivity index (χ1n) is 8.27. The summed E-state index contributed by atoms with van der Waals surface area (Å²) in [6.45, 7) is 5.02. The standard InChI is InChI=1S/C18H18N4O5/c1-10-5-4-6-13(11(10)2)19-16(23)9-21-17-14(27-12(3)18(21)24)7-8-15(20-17)22(25)26/h4-8,12H,9H2,1-3H3,(H,19,23). The second-order valence-electron chi connectivity index (χ2n) is 6.23. The number of carbonyl (C=O) groups is 2. The lowest BCUT2D eigenvalue weighted by Crippen LogP contribution is -2.48. The maximum atomic E-state index is 12.5. The molecule has 0 fully saturated rings. The molecule has 2 heterocycles. The Hall–Kier alpha value is -3.49. The first-order chi connectivity index (χ1) is 12.8. The van der Waals surface area contributed by atoms with Crippen LogP contribution >= 0.6 is 0 Å². The average Bonchev–Trinajstić information content (AvgIpc) is 2.62. The first kappa shape index (κ1) is 18.3. The van der Waals surface area contributed by atoms with Gasteiger partial charge in [0.2, 0.25) is 5.91 Å². The predicted octanol–water partition coefficient (Wildman–Crippen LogP) is 2.36. The van der Waals surface area contributed by atoms with E-state index in [4.69, 9.17) is 4.74 Å². The molecule has 1 atom stereocenters. The van der Waals surface area contributed by atoms with Gasteiger partial charge in [-0.3, -0.25) is 14.5 Å². The predicted molar refractivity (Wildman–Crippen MR) is 97.9 cm³/mol. The molecule has 1 aliphatic rings. The third-order valence-corrected chi connectivity index (χ3v) is 4.37. The fraction of sp³-hybridized carbons (Fsp3) is 0.278. The Kier molecular flexibility index (Phi) is 4.76. The second kappa shape index (κ2) is 7.02. The van der Waals surface area contributed by atoms with Crippen LogP contribution in [0.2, 0.25) is 0 Å². The van der Waals surface area contributed by atoms with E-state index in [1.165, 1.54) is 12.1 Å². The van der Waals surface area contributed by atoms with Gasteiger partial charge in [-0.25, -0.2) is 0 Å². The van der Waals surface area contributed by atoms with Crippen LogP contribution in [-0.2, 0) is 9.59 Å². The van der Waals surface area contributed by atoms with E-state index in [1.54, 1.807) is 13.0 Å². The smallest absolute Gasteiger partial charge is 0.366 e. The number of anilines is 2. The molecule has 0 radical (unpaired) electrons. The van der Waals surface area contributed by atoms with Crippen LogP contribution in [0.25, 0.3) is 0 Å². The topological polar surface area (TPSA) is 115 Å². The monoisotopic (exact) mass is 370 g/mol. The molecule has 0 spiro atoms. The van der Waals surface area contributed by atoms with Gasteiger partial charge < -0.3 is 20.2 Å². The van der Waals surface area contributed by atoms with E-state index in [0.29, 0.717) is 5.69 Å². The van der Waals surface area contributed by atoms with Crippen molar-refractivity contribution >= 4 is 29.1 Å². The number of fused-ring (bicyclic) bond motifs is 1. The van der Waals surface area contributed by atoms with Gasteiger partial charge >= 0.3 is 5.82 Å². The minimum absolute atomic E-state index is 0.0385. The highest BCUT2D eigenvalue weighted by Gasteiger charge is 2.37. The molecular formula is C18H18N4O5. The highest BCUT2D eigenvalue weighted by atomic mass is 16.6. The maximum Gasteiger partial charge on any atom is 0.366 e. The summed E-state index contributed by atoms with van der Waals surface area (Å²) in [6, 6.07) is 8.08. The summed E-state index contributed by atoms with van der Waals surface area (Å²) < 4.78 is 5.44. The molecule has 2 aromatic rings. The van der Waals surface area contributed by atoms with Crippen LogP contribution < -0.4 is 15.0 Å². The number of rotatable bonds is 4. The normalized spacial score (nSPS) is 15.7. The van der Waals surface area contributed by atoms with Crippen LogP contribution in [-0.4, -0.2) is 34.4 Å². The van der Waals surface area contributed by atoms with Crippen molar-refractivity contribution in [3.05, 3.63) is 51.6 Å². The number of pyridine rings is 1. The van der Waals surface area contributed by atoms with Crippen LogP contribution in [0.1, 0.15) is 18.1 Å². The molecule has 0 bridgehead atoms. The number of carbonyl (C=O) groups excluding carboxylic acids is 2. The van der Waals surface area contributed by atoms with E-state index in [-0.39, 0.29) is 18.1 Å². The Bertz CT molecular complexity index is 943. The van der Waals surface area contributed by atoms with Crippen molar-refractivity contribution in [3.63, 3.8) is 0 Å². The molecular weight excluding hydrogens is 352 g/mol. The van der Waals surface area contributed by atoms with Crippen LogP contribution in [0, 0.1) is 24.0 Å². The summed E-state index contributed by atoms with van der Waals surface area (Å²) in [4.78, 5) is 40.3. The molecule has 27 heavy (non-hydrogen) atoms. The van der Waals surface area contributed by atoms with E-state index >= 15 is 0 Å². The van der Waals surface area contributed by atoms with E-state index < -0.39 is 28.7 Å². The zero-order valence-electron chi connectivity index (χ0n) is 15.1. The number of ether oxygens (including phenoxy) is 1. The van der Waals surface area contributed by atoms with Crippen molar-refractivity contribution in [1.82, 2.24) is 4.98 Å². The van der Waals surface area contributed by atoms with E-state index in [0.717, 1.165) is 16.0 Å². The zero-order chi connectivity index (χ0) is 19.7. The van der Waals surface area contributed by atoms with E-state index in [2.05, 4.69) is 10.3 Å². The Morgan fingerprint density at radius 1 is 1.33 bits per heavy atom. The van der Waals surface area contributed by atoms with Crippen LogP contribution in [0.3, 0.4) is 0 Å². The van der Waals surface area contributed by atoms with Crippen molar-refractivity contribution < 1.29 is 19.2 Å². The molecule has 9 heteroatoms. The van der Waals surface area contributed by atoms with Gasteiger partial charge in [0.15, 0.2) is 11.9 Å². The minimum atomic E-state index is -0.825. The number of nitrogens with one attached hydrogen (secondary N) is 1. The molecule has 3 rings (SSSR count). The summed E-state index contributed by atoms with van der Waals surface area (Å²) in [5.74, 6) is -1.19. The highest BCUT2D eigenvalue weighted by molar-refractivity contribution is 6.05. The third kappa shape index (κ3) is 3.57. The SMILES string of the molecule is Cc1cccc(NC(=O)CN2C(=O)C(C)Oc3ccc([N+](=O)[O-])nc32)c1C. The van der Waals surface area contributed by atoms with Crippen molar-refractivity contribution in [2.24, 2.45) is 0 Å². The van der Waals surface area contributed by atoms with Crippen LogP contribution in [0.5, 0.6) is 5.75 Å². The number of nitrogens with zero attached hydrogens (tertiary/aromatic N) is 3. The van der Waals surface area contributed by atoms with Gasteiger partial charge in [0.25, 0.3) is 11.7 Å². The summed E-state index contributed by atoms with van der Waals surface area (Å²) in [6.07, 6.45) is -0.825. The van der Waals surface area contributed by atoms with Crippen molar-refractivity contribution in [2.75, 3.05) is 16.8 Å². The molecule has 0 saturated carbocycles. The molecule has 2 amide bonds. The van der Waals surface area contributed by atoms with Crippen LogP contribution in [0.4, 0.5) is 17.3 Å². The van der Waals surface area contributed by atoms with Crippen LogP contribution in [0.15, 0.2) is 30.3 Å². The van der Waals surface area contributed by atoms with Gasteiger partial charge in [0.05, 0.1) is 0 Å². The lowest BCUT2D eigenvalue weighted by atomic mass is 10.1. The quantitative estimate of drug-likeness (QED) is 0.653. The second-order valence-corrected chi connectivity index (χ2v) is 6.23. The Morgan fingerprint density at radius 2 is 2.07 bits per heavy atom. The zero-order valence-corrected chi connectivity index (χ0v) is 15.1. The number of aryl methyl sites for hydroxylation is 1. The fourth-order valence-corrected chi connectivity index (χ4v) is 2.75. The molecule has 1 N–H and O–H groups in total. The number of nitro groups is 1. The molecule has 1 unspecified atom stereocenters. The van der Waals surface area contributed by atoms with Gasteiger partial charge in [-0.1, -0.05) is 12.1 Å². The number of hydrogen-bond donors (Lipinski definition) is 1. The Labute approximate surface area is 155 Å². The van der Waals surface area contributed by atoms with Gasteiger partial charge in [0, 0.05) is 11.8 Å².